The van der Waals surface area contributed by atoms with Gasteiger partial charge in [-0.15, -0.1) is 0 Å². The number of rotatable bonds is 4. The van der Waals surface area contributed by atoms with E-state index in [0.717, 1.165) is 5.69 Å². The van der Waals surface area contributed by atoms with Gasteiger partial charge in [-0.2, -0.15) is 24.7 Å². The fourth-order valence-electron chi connectivity index (χ4n) is 1.47. The lowest BCUT2D eigenvalue weighted by Gasteiger charge is -2.05. The summed E-state index contributed by atoms with van der Waals surface area (Å²) >= 11 is 1.26. The van der Waals surface area contributed by atoms with Crippen LogP contribution >= 0.6 is 11.8 Å². The first-order chi connectivity index (χ1) is 10.2. The second kappa shape index (κ2) is 5.79. The van der Waals surface area contributed by atoms with E-state index in [4.69, 9.17) is 0 Å². The molecule has 0 unspecified atom stereocenters. The van der Waals surface area contributed by atoms with E-state index in [2.05, 4.69) is 40.3 Å². The highest BCUT2D eigenvalue weighted by Gasteiger charge is 2.10. The molecule has 0 aliphatic rings. The van der Waals surface area contributed by atoms with Gasteiger partial charge in [0.05, 0.1) is 0 Å². The number of hydrogen-bond acceptors (Lipinski definition) is 9. The van der Waals surface area contributed by atoms with Gasteiger partial charge in [0.2, 0.25) is 11.1 Å². The van der Waals surface area contributed by atoms with E-state index in [1.807, 2.05) is 13.0 Å². The monoisotopic (exact) mass is 301 g/mol. The predicted octanol–water partition coefficient (Wildman–Crippen LogP) is 0.744. The summed E-state index contributed by atoms with van der Waals surface area (Å²) in [5.74, 6) is 0.813. The zero-order chi connectivity index (χ0) is 14.7. The third-order valence-corrected chi connectivity index (χ3v) is 3.15. The molecule has 0 spiro atoms. The van der Waals surface area contributed by atoms with E-state index in [0.29, 0.717) is 22.2 Å². The molecule has 0 aliphatic carbocycles. The fourth-order valence-corrected chi connectivity index (χ4v) is 2.20. The number of nitrogens with one attached hydrogen (secondary N) is 1. The molecule has 21 heavy (non-hydrogen) atoms. The van der Waals surface area contributed by atoms with Gasteiger partial charge in [-0.25, -0.2) is 15.0 Å². The van der Waals surface area contributed by atoms with Crippen LogP contribution in [0.5, 0.6) is 0 Å². The van der Waals surface area contributed by atoms with Crippen LogP contribution < -0.4 is 5.32 Å². The van der Waals surface area contributed by atoms with Crippen molar-refractivity contribution in [1.82, 2.24) is 39.7 Å². The van der Waals surface area contributed by atoms with Crippen LogP contribution in [0.1, 0.15) is 5.69 Å². The summed E-state index contributed by atoms with van der Waals surface area (Å²) in [5, 5.41) is 7.95. The van der Waals surface area contributed by atoms with Crippen molar-refractivity contribution in [2.45, 2.75) is 17.2 Å². The maximum Gasteiger partial charge on any atom is 0.257 e. The number of aromatic nitrogens is 8. The van der Waals surface area contributed by atoms with Crippen molar-refractivity contribution in [2.24, 2.45) is 0 Å². The molecule has 0 aliphatic heterocycles. The highest BCUT2D eigenvalue weighted by molar-refractivity contribution is 7.99. The maximum atomic E-state index is 4.33. The molecular weight excluding hydrogens is 290 g/mol. The normalized spacial score (nSPS) is 10.6. The Balaban J connectivity index is 1.96. The first-order valence-corrected chi connectivity index (χ1v) is 6.82. The smallest absolute Gasteiger partial charge is 0.257 e. The summed E-state index contributed by atoms with van der Waals surface area (Å²) < 4.78 is 1.46. The third-order valence-electron chi connectivity index (χ3n) is 2.41. The topological polar surface area (TPSA) is 107 Å². The summed E-state index contributed by atoms with van der Waals surface area (Å²) in [5.41, 5.74) is 0.881. The van der Waals surface area contributed by atoms with Crippen molar-refractivity contribution >= 4 is 17.7 Å². The molecule has 1 N–H and O–H groups in total. The summed E-state index contributed by atoms with van der Waals surface area (Å²) in [6, 6.07) is 1.83. The van der Waals surface area contributed by atoms with Crippen molar-refractivity contribution in [1.29, 1.82) is 0 Å². The third kappa shape index (κ3) is 3.11. The van der Waals surface area contributed by atoms with Crippen LogP contribution in [0.15, 0.2) is 35.2 Å². The maximum absolute atomic E-state index is 4.33. The molecule has 0 radical (unpaired) electrons. The van der Waals surface area contributed by atoms with Gasteiger partial charge in [0.25, 0.3) is 5.95 Å². The Bertz CT molecular complexity index is 743. The minimum Gasteiger partial charge on any atom is -0.357 e. The molecule has 0 bridgehead atoms. The van der Waals surface area contributed by atoms with E-state index in [9.17, 15) is 0 Å². The zero-order valence-electron chi connectivity index (χ0n) is 11.3. The number of nitrogens with zero attached hydrogens (tertiary/aromatic N) is 8. The van der Waals surface area contributed by atoms with Crippen LogP contribution in [-0.2, 0) is 0 Å². The van der Waals surface area contributed by atoms with Crippen molar-refractivity contribution in [3.05, 3.63) is 30.6 Å². The Morgan fingerprint density at radius 2 is 2.05 bits per heavy atom. The van der Waals surface area contributed by atoms with E-state index in [1.54, 1.807) is 13.2 Å². The fraction of sp³-hybridized carbons (Fsp3) is 0.182. The van der Waals surface area contributed by atoms with Gasteiger partial charge in [-0.05, 0) is 24.8 Å². The Morgan fingerprint density at radius 3 is 2.76 bits per heavy atom. The Morgan fingerprint density at radius 1 is 1.14 bits per heavy atom. The summed E-state index contributed by atoms with van der Waals surface area (Å²) in [4.78, 5) is 25.2. The number of hydrogen-bond donors (Lipinski definition) is 1. The zero-order valence-corrected chi connectivity index (χ0v) is 12.1. The Kier molecular flexibility index (Phi) is 3.69. The lowest BCUT2D eigenvalue weighted by molar-refractivity contribution is 0.759. The first kappa shape index (κ1) is 13.4. The molecule has 3 aromatic rings. The molecule has 10 heteroatoms. The van der Waals surface area contributed by atoms with Crippen molar-refractivity contribution in [3.63, 3.8) is 0 Å². The molecule has 0 fully saturated rings. The van der Waals surface area contributed by atoms with Crippen LogP contribution in [-0.4, -0.2) is 46.7 Å². The molecule has 3 aromatic heterocycles. The summed E-state index contributed by atoms with van der Waals surface area (Å²) in [6.07, 6.45) is 4.63. The molecule has 3 heterocycles. The van der Waals surface area contributed by atoms with Gasteiger partial charge >= 0.3 is 0 Å². The quantitative estimate of drug-likeness (QED) is 0.698. The van der Waals surface area contributed by atoms with Crippen LogP contribution in [0.4, 0.5) is 5.95 Å². The second-order valence-corrected chi connectivity index (χ2v) is 4.85. The lowest BCUT2D eigenvalue weighted by Crippen LogP contribution is -2.08. The lowest BCUT2D eigenvalue weighted by atomic mass is 10.5. The van der Waals surface area contributed by atoms with Gasteiger partial charge < -0.3 is 5.32 Å². The number of aryl methyl sites for hydroxylation is 1. The molecular formula is C11H11N9S. The average molecular weight is 301 g/mol. The average Bonchev–Trinajstić information content (AvgIpc) is 3.01. The summed E-state index contributed by atoms with van der Waals surface area (Å²) in [6.45, 7) is 1.90. The summed E-state index contributed by atoms with van der Waals surface area (Å²) in [7, 11) is 1.73. The van der Waals surface area contributed by atoms with Gasteiger partial charge in [0.15, 0.2) is 5.16 Å². The van der Waals surface area contributed by atoms with E-state index < -0.39 is 0 Å². The van der Waals surface area contributed by atoms with Crippen molar-refractivity contribution in [3.8, 4) is 5.95 Å². The molecule has 0 saturated heterocycles. The van der Waals surface area contributed by atoms with Gasteiger partial charge in [0, 0.05) is 18.9 Å². The van der Waals surface area contributed by atoms with Gasteiger partial charge in [0.1, 0.15) is 12.7 Å². The van der Waals surface area contributed by atoms with Crippen LogP contribution in [0, 0.1) is 6.92 Å². The molecule has 3 rings (SSSR count). The SMILES string of the molecule is CNc1nc(Sc2nccc(C)n2)nc(-n2cncn2)n1. The van der Waals surface area contributed by atoms with E-state index in [-0.39, 0.29) is 0 Å². The van der Waals surface area contributed by atoms with Gasteiger partial charge in [-0.1, -0.05) is 0 Å². The molecule has 0 atom stereocenters. The second-order valence-electron chi connectivity index (χ2n) is 3.91. The van der Waals surface area contributed by atoms with Crippen LogP contribution in [0.25, 0.3) is 5.95 Å². The molecule has 0 amide bonds. The highest BCUT2D eigenvalue weighted by atomic mass is 32.2. The first-order valence-electron chi connectivity index (χ1n) is 6.01. The van der Waals surface area contributed by atoms with E-state index >= 15 is 0 Å². The highest BCUT2D eigenvalue weighted by Crippen LogP contribution is 2.22. The largest absolute Gasteiger partial charge is 0.357 e. The van der Waals surface area contributed by atoms with Crippen LogP contribution in [0.2, 0.25) is 0 Å². The van der Waals surface area contributed by atoms with Gasteiger partial charge in [-0.3, -0.25) is 0 Å². The minimum absolute atomic E-state index is 0.377. The van der Waals surface area contributed by atoms with Crippen molar-refractivity contribution < 1.29 is 0 Å². The Hall–Kier alpha value is -2.62. The standard InChI is InChI=1S/C11H11N9S/c1-7-3-4-14-10(16-7)21-11-18-8(12-2)17-9(19-11)20-6-13-5-15-20/h3-6H,1-2H3,(H,12,17,18,19). The molecule has 0 aromatic carbocycles. The van der Waals surface area contributed by atoms with E-state index in [1.165, 1.54) is 29.1 Å². The molecule has 0 saturated carbocycles. The van der Waals surface area contributed by atoms with Crippen LogP contribution in [0.3, 0.4) is 0 Å². The predicted molar refractivity (Wildman–Crippen MR) is 75.2 cm³/mol. The Labute approximate surface area is 124 Å². The van der Waals surface area contributed by atoms with Crippen molar-refractivity contribution in [2.75, 3.05) is 12.4 Å². The molecule has 9 nitrogen and oxygen atoms in total. The number of anilines is 1. The minimum atomic E-state index is 0.377. The molecule has 106 valence electrons.